The number of allylic oxidation sites excluding steroid dienone is 22. The average molecular weight is 1320 g/mol. The summed E-state index contributed by atoms with van der Waals surface area (Å²) in [6.07, 6.45) is 106. The van der Waals surface area contributed by atoms with Gasteiger partial charge in [-0.05, 0) is 116 Å². The van der Waals surface area contributed by atoms with Crippen molar-refractivity contribution in [2.75, 3.05) is 47.5 Å². The van der Waals surface area contributed by atoms with Gasteiger partial charge >= 0.3 is 17.9 Å². The molecule has 9 nitrogen and oxygen atoms in total. The zero-order valence-electron chi connectivity index (χ0n) is 62.3. The van der Waals surface area contributed by atoms with Crippen LogP contribution in [0.25, 0.3) is 0 Å². The van der Waals surface area contributed by atoms with E-state index in [9.17, 15) is 19.5 Å². The Bertz CT molecular complexity index is 2030. The van der Waals surface area contributed by atoms with E-state index in [4.69, 9.17) is 18.9 Å². The Kier molecular flexibility index (Phi) is 71.6. The SMILES string of the molecule is CC/C=C\C/C=C\C/C=C\C/C=C\C/C=C\C/C=C\C/C=C\C/C=C\C/C=C\CCCCCCCC(=O)OC(COC(=O)CCCCCCCCCCCCCCCCCCCCCCCCCCC/C=C\C/C=C\CCCCCCC)COC(OCC[N+](C)(C)C)C(=O)O. The van der Waals surface area contributed by atoms with Gasteiger partial charge in [0.05, 0.1) is 34.4 Å². The van der Waals surface area contributed by atoms with Crippen molar-refractivity contribution < 1.29 is 42.9 Å². The second-order valence-electron chi connectivity index (χ2n) is 27.3. The lowest BCUT2D eigenvalue weighted by Gasteiger charge is -2.25. The van der Waals surface area contributed by atoms with Gasteiger partial charge in [0.1, 0.15) is 13.2 Å². The maximum absolute atomic E-state index is 13.0. The number of carbonyl (C=O) groups excluding carboxylic acids is 2. The Morgan fingerprint density at radius 1 is 0.326 bits per heavy atom. The fraction of sp³-hybridized carbons (Fsp3) is 0.709. The molecule has 0 spiro atoms. The van der Waals surface area contributed by atoms with Crippen molar-refractivity contribution in [1.29, 1.82) is 0 Å². The van der Waals surface area contributed by atoms with Gasteiger partial charge < -0.3 is 28.5 Å². The van der Waals surface area contributed by atoms with Gasteiger partial charge in [0.15, 0.2) is 6.10 Å². The predicted molar refractivity (Wildman–Crippen MR) is 410 cm³/mol. The molecule has 0 aliphatic carbocycles. The largest absolute Gasteiger partial charge is 0.477 e. The van der Waals surface area contributed by atoms with Gasteiger partial charge in [-0.15, -0.1) is 0 Å². The van der Waals surface area contributed by atoms with Crippen LogP contribution in [0.15, 0.2) is 134 Å². The number of carbonyl (C=O) groups is 3. The standard InChI is InChI=1S/C86H147NO8/c1-6-8-10-12-14-16-18-20-22-24-26-28-30-32-34-36-38-40-41-42-43-45-46-48-50-52-54-56-58-60-62-64-66-68-70-72-74-76-83(88)93-80-82(81-94-86(85(90)91)92-79-78-87(3,4)5)95-84(89)77-75-73-71-69-67-65-63-61-59-57-55-53-51-49-47-44-39-37-35-33-31-29-27-25-23-21-19-17-15-13-11-9-7-2/h9,11,15,17-18,20-21,23-24,26-27,29,33,35,39,44,49,51,55,57,61,63,82,86H,6-8,10,12-14,16,19,22,25,28,30-32,34,36-38,40-43,45-48,50,52-54,56,58-60,62,64-81H2,1-5H3/p+1/b11-9-,17-15-,20-18-,23-21-,26-24-,29-27-,35-33-,44-39-,51-49-,57-55-,63-61-. The summed E-state index contributed by atoms with van der Waals surface area (Å²) >= 11 is 0. The van der Waals surface area contributed by atoms with Gasteiger partial charge in [0, 0.05) is 12.8 Å². The van der Waals surface area contributed by atoms with E-state index in [1.807, 2.05) is 21.1 Å². The minimum atomic E-state index is -1.52. The molecule has 0 fully saturated rings. The fourth-order valence-electron chi connectivity index (χ4n) is 10.9. The van der Waals surface area contributed by atoms with Crippen LogP contribution in [0.5, 0.6) is 0 Å². The van der Waals surface area contributed by atoms with Crippen molar-refractivity contribution in [3.05, 3.63) is 134 Å². The number of aliphatic carboxylic acids is 1. The van der Waals surface area contributed by atoms with Gasteiger partial charge in [0.25, 0.3) is 6.29 Å². The quantitative estimate of drug-likeness (QED) is 0.0211. The second-order valence-corrected chi connectivity index (χ2v) is 27.3. The summed E-state index contributed by atoms with van der Waals surface area (Å²) in [7, 11) is 5.97. The molecule has 2 unspecified atom stereocenters. The lowest BCUT2D eigenvalue weighted by atomic mass is 10.0. The van der Waals surface area contributed by atoms with E-state index in [1.165, 1.54) is 186 Å². The molecular weight excluding hydrogens is 1170 g/mol. The summed E-state index contributed by atoms with van der Waals surface area (Å²) in [5.41, 5.74) is 0. The molecule has 0 bridgehead atoms. The number of hydrogen-bond acceptors (Lipinski definition) is 7. The molecule has 0 heterocycles. The van der Waals surface area contributed by atoms with E-state index >= 15 is 0 Å². The summed E-state index contributed by atoms with van der Waals surface area (Å²) < 4.78 is 23.0. The third kappa shape index (κ3) is 76.7. The van der Waals surface area contributed by atoms with E-state index in [1.54, 1.807) is 0 Å². The van der Waals surface area contributed by atoms with Crippen molar-refractivity contribution in [2.45, 2.75) is 347 Å². The van der Waals surface area contributed by atoms with Gasteiger partial charge in [0.2, 0.25) is 0 Å². The van der Waals surface area contributed by atoms with Crippen molar-refractivity contribution in [1.82, 2.24) is 0 Å². The van der Waals surface area contributed by atoms with Crippen LogP contribution in [-0.4, -0.2) is 87.4 Å². The van der Waals surface area contributed by atoms with E-state index < -0.39 is 24.3 Å². The molecule has 2 atom stereocenters. The Balaban J connectivity index is 4.09. The van der Waals surface area contributed by atoms with E-state index in [0.29, 0.717) is 23.9 Å². The molecule has 9 heteroatoms. The minimum absolute atomic E-state index is 0.178. The first-order chi connectivity index (χ1) is 46.6. The Hall–Kier alpha value is -4.57. The third-order valence-corrected chi connectivity index (χ3v) is 16.9. The van der Waals surface area contributed by atoms with E-state index in [2.05, 4.69) is 148 Å². The Morgan fingerprint density at radius 3 is 0.895 bits per heavy atom. The molecule has 0 aliphatic rings. The number of rotatable bonds is 72. The van der Waals surface area contributed by atoms with Crippen LogP contribution in [0.4, 0.5) is 0 Å². The van der Waals surface area contributed by atoms with Crippen molar-refractivity contribution in [2.24, 2.45) is 0 Å². The fourth-order valence-corrected chi connectivity index (χ4v) is 10.9. The van der Waals surface area contributed by atoms with Crippen LogP contribution in [0.2, 0.25) is 0 Å². The van der Waals surface area contributed by atoms with Gasteiger partial charge in [-0.3, -0.25) is 9.59 Å². The number of nitrogens with zero attached hydrogens (tertiary/aromatic N) is 1. The van der Waals surface area contributed by atoms with Gasteiger partial charge in [-0.2, -0.15) is 0 Å². The molecule has 0 saturated carbocycles. The normalized spacial score (nSPS) is 13.4. The van der Waals surface area contributed by atoms with Crippen molar-refractivity contribution in [3.63, 3.8) is 0 Å². The maximum Gasteiger partial charge on any atom is 0.361 e. The number of unbranched alkanes of at least 4 members (excludes halogenated alkanes) is 35. The number of carboxylic acid groups (broad SMARTS) is 1. The highest BCUT2D eigenvalue weighted by Crippen LogP contribution is 2.18. The molecule has 544 valence electrons. The summed E-state index contributed by atoms with van der Waals surface area (Å²) in [6.45, 7) is 4.75. The molecule has 95 heavy (non-hydrogen) atoms. The lowest BCUT2D eigenvalue weighted by molar-refractivity contribution is -0.870. The first-order valence-electron chi connectivity index (χ1n) is 39.3. The number of esters is 2. The topological polar surface area (TPSA) is 108 Å². The third-order valence-electron chi connectivity index (χ3n) is 16.9. The zero-order valence-corrected chi connectivity index (χ0v) is 62.3. The maximum atomic E-state index is 13.0. The molecular formula is C86H148NO8+. The molecule has 0 aromatic rings. The highest BCUT2D eigenvalue weighted by Gasteiger charge is 2.25. The highest BCUT2D eigenvalue weighted by molar-refractivity contribution is 5.71. The molecule has 0 aliphatic heterocycles. The number of likely N-dealkylation sites (N-methyl/N-ethyl adjacent to an activating group) is 1. The Morgan fingerprint density at radius 2 is 0.600 bits per heavy atom. The number of ether oxygens (including phenoxy) is 4. The first kappa shape index (κ1) is 90.4. The zero-order chi connectivity index (χ0) is 69.0. The molecule has 0 rings (SSSR count). The van der Waals surface area contributed by atoms with Gasteiger partial charge in [-0.25, -0.2) is 4.79 Å². The van der Waals surface area contributed by atoms with Crippen LogP contribution < -0.4 is 0 Å². The van der Waals surface area contributed by atoms with Crippen LogP contribution in [-0.2, 0) is 33.3 Å². The smallest absolute Gasteiger partial charge is 0.361 e. The van der Waals surface area contributed by atoms with E-state index in [-0.39, 0.29) is 32.2 Å². The number of quaternary nitrogens is 1. The van der Waals surface area contributed by atoms with Crippen molar-refractivity contribution >= 4 is 17.9 Å². The molecule has 0 aromatic carbocycles. The minimum Gasteiger partial charge on any atom is -0.477 e. The van der Waals surface area contributed by atoms with E-state index in [0.717, 1.165) is 116 Å². The Labute approximate surface area is 586 Å². The molecule has 0 saturated heterocycles. The summed E-state index contributed by atoms with van der Waals surface area (Å²) in [6, 6.07) is 0. The average Bonchev–Trinajstić information content (AvgIpc) is 3.75. The molecule has 0 amide bonds. The number of carboxylic acids is 1. The monoisotopic (exact) mass is 1320 g/mol. The number of hydrogen-bond donors (Lipinski definition) is 1. The van der Waals surface area contributed by atoms with Crippen LogP contribution in [0.1, 0.15) is 335 Å². The van der Waals surface area contributed by atoms with Crippen LogP contribution in [0.3, 0.4) is 0 Å². The summed E-state index contributed by atoms with van der Waals surface area (Å²) in [5, 5.41) is 9.77. The first-order valence-corrected chi connectivity index (χ1v) is 39.3. The predicted octanol–water partition coefficient (Wildman–Crippen LogP) is 25.3. The molecule has 0 aromatic heterocycles. The lowest BCUT2D eigenvalue weighted by Crippen LogP contribution is -2.40. The van der Waals surface area contributed by atoms with Gasteiger partial charge in [-0.1, -0.05) is 340 Å². The highest BCUT2D eigenvalue weighted by atomic mass is 16.7. The van der Waals surface area contributed by atoms with Crippen LogP contribution >= 0.6 is 0 Å². The van der Waals surface area contributed by atoms with Crippen molar-refractivity contribution in [3.8, 4) is 0 Å². The molecule has 0 radical (unpaired) electrons. The summed E-state index contributed by atoms with van der Waals surface area (Å²) in [4.78, 5) is 37.7. The van der Waals surface area contributed by atoms with Crippen LogP contribution in [0, 0.1) is 0 Å². The second kappa shape index (κ2) is 75.2. The molecule has 1 N–H and O–H groups in total. The summed E-state index contributed by atoms with van der Waals surface area (Å²) in [5.74, 6) is -2.03.